The van der Waals surface area contributed by atoms with Gasteiger partial charge in [0.25, 0.3) is 15.9 Å². The first-order valence-corrected chi connectivity index (χ1v) is 11.0. The first kappa shape index (κ1) is 21.7. The number of benzene rings is 2. The van der Waals surface area contributed by atoms with Crippen LogP contribution in [0.1, 0.15) is 16.1 Å². The summed E-state index contributed by atoms with van der Waals surface area (Å²) in [6, 6.07) is 17.1. The molecule has 4 rings (SSSR count). The molecule has 0 aliphatic carbocycles. The van der Waals surface area contributed by atoms with Crippen molar-refractivity contribution in [3.8, 4) is 17.1 Å². The zero-order valence-corrected chi connectivity index (χ0v) is 17.7. The summed E-state index contributed by atoms with van der Waals surface area (Å²) in [7, 11) is -3.84. The first-order valence-electron chi connectivity index (χ1n) is 9.54. The molecule has 0 radical (unpaired) electrons. The maximum Gasteiger partial charge on any atom is 0.275 e. The number of phenols is 1. The molecule has 2 heterocycles. The Morgan fingerprint density at radius 3 is 2.42 bits per heavy atom. The van der Waals surface area contributed by atoms with Crippen LogP contribution in [-0.4, -0.2) is 35.6 Å². The van der Waals surface area contributed by atoms with E-state index in [9.17, 15) is 18.3 Å². The Morgan fingerprint density at radius 2 is 1.70 bits per heavy atom. The van der Waals surface area contributed by atoms with Gasteiger partial charge < -0.3 is 9.52 Å². The molecule has 166 valence electrons. The van der Waals surface area contributed by atoms with Gasteiger partial charge in [-0.1, -0.05) is 12.1 Å². The van der Waals surface area contributed by atoms with Crippen molar-refractivity contribution in [1.82, 2.24) is 15.4 Å². The van der Waals surface area contributed by atoms with Crippen LogP contribution in [0.2, 0.25) is 0 Å². The van der Waals surface area contributed by atoms with E-state index in [0.29, 0.717) is 17.1 Å². The summed E-state index contributed by atoms with van der Waals surface area (Å²) in [5.74, 6) is 0.102. The maximum atomic E-state index is 12.5. The number of carbonyl (C=O) groups is 1. The van der Waals surface area contributed by atoms with Crippen molar-refractivity contribution in [3.63, 3.8) is 0 Å². The monoisotopic (exact) mass is 463 g/mol. The molecule has 3 N–H and O–H groups in total. The van der Waals surface area contributed by atoms with Crippen LogP contribution in [0.3, 0.4) is 0 Å². The quantitative estimate of drug-likeness (QED) is 0.282. The van der Waals surface area contributed by atoms with E-state index in [1.54, 1.807) is 42.5 Å². The van der Waals surface area contributed by atoms with E-state index in [1.807, 2.05) is 0 Å². The Bertz CT molecular complexity index is 1400. The number of phenolic OH excluding ortho intramolecular Hbond substituents is 1. The second-order valence-electron chi connectivity index (χ2n) is 6.62. The van der Waals surface area contributed by atoms with Gasteiger partial charge >= 0.3 is 0 Å². The van der Waals surface area contributed by atoms with Crippen molar-refractivity contribution in [2.75, 3.05) is 4.72 Å². The summed E-state index contributed by atoms with van der Waals surface area (Å²) in [6.45, 7) is 0. The number of hydrogen-bond donors (Lipinski definition) is 3. The molecule has 0 bridgehead atoms. The van der Waals surface area contributed by atoms with Gasteiger partial charge in [-0.3, -0.25) is 4.79 Å². The number of nitrogens with one attached hydrogen (secondary N) is 2. The SMILES string of the molecule is O=C(NN=Cc1ccc(-c2ccc(S(=O)(=O)Nc3ncccn3)cc2)o1)c1ccccc1O. The zero-order chi connectivity index (χ0) is 23.3. The van der Waals surface area contributed by atoms with Crippen LogP contribution < -0.4 is 10.1 Å². The van der Waals surface area contributed by atoms with Crippen LogP contribution in [-0.2, 0) is 10.0 Å². The van der Waals surface area contributed by atoms with Crippen molar-refractivity contribution in [2.24, 2.45) is 5.10 Å². The number of carbonyl (C=O) groups excluding carboxylic acids is 1. The number of aromatic hydroxyl groups is 1. The van der Waals surface area contributed by atoms with Crippen LogP contribution in [0.4, 0.5) is 5.95 Å². The molecule has 0 aliphatic heterocycles. The predicted molar refractivity (Wildman–Crippen MR) is 120 cm³/mol. The van der Waals surface area contributed by atoms with Crippen LogP contribution in [0.25, 0.3) is 11.3 Å². The highest BCUT2D eigenvalue weighted by Gasteiger charge is 2.16. The van der Waals surface area contributed by atoms with E-state index in [4.69, 9.17) is 4.42 Å². The number of hydrazone groups is 1. The second kappa shape index (κ2) is 9.32. The summed E-state index contributed by atoms with van der Waals surface area (Å²) in [4.78, 5) is 19.8. The largest absolute Gasteiger partial charge is 0.507 e. The topological polar surface area (TPSA) is 147 Å². The van der Waals surface area contributed by atoms with Gasteiger partial charge in [0.2, 0.25) is 5.95 Å². The number of rotatable bonds is 7. The van der Waals surface area contributed by atoms with Gasteiger partial charge in [0.15, 0.2) is 0 Å². The molecule has 10 nitrogen and oxygen atoms in total. The molecule has 11 heteroatoms. The fourth-order valence-electron chi connectivity index (χ4n) is 2.79. The highest BCUT2D eigenvalue weighted by Crippen LogP contribution is 2.24. The molecule has 2 aromatic heterocycles. The molecule has 0 unspecified atom stereocenters. The zero-order valence-electron chi connectivity index (χ0n) is 16.9. The smallest absolute Gasteiger partial charge is 0.275 e. The van der Waals surface area contributed by atoms with Crippen LogP contribution in [0.5, 0.6) is 5.75 Å². The number of nitrogens with zero attached hydrogens (tertiary/aromatic N) is 3. The fourth-order valence-corrected chi connectivity index (χ4v) is 3.75. The minimum absolute atomic E-state index is 0.0221. The van der Waals surface area contributed by atoms with E-state index < -0.39 is 15.9 Å². The maximum absolute atomic E-state index is 12.5. The normalized spacial score (nSPS) is 11.4. The lowest BCUT2D eigenvalue weighted by molar-refractivity contribution is 0.0952. The molecule has 0 aliphatic rings. The van der Waals surface area contributed by atoms with Gasteiger partial charge in [0.05, 0.1) is 16.7 Å². The Labute approximate surface area is 188 Å². The molecule has 0 atom stereocenters. The second-order valence-corrected chi connectivity index (χ2v) is 8.30. The van der Waals surface area contributed by atoms with E-state index in [-0.39, 0.29) is 22.2 Å². The van der Waals surface area contributed by atoms with Crippen LogP contribution in [0.15, 0.2) is 93.5 Å². The summed E-state index contributed by atoms with van der Waals surface area (Å²) in [5, 5.41) is 13.5. The predicted octanol–water partition coefficient (Wildman–Crippen LogP) is 3.01. The van der Waals surface area contributed by atoms with E-state index in [1.165, 1.54) is 42.9 Å². The lowest BCUT2D eigenvalue weighted by Gasteiger charge is -2.06. The highest BCUT2D eigenvalue weighted by molar-refractivity contribution is 7.92. The number of anilines is 1. The Balaban J connectivity index is 1.41. The summed E-state index contributed by atoms with van der Waals surface area (Å²) in [6.07, 6.45) is 4.18. The molecule has 0 saturated carbocycles. The molecule has 2 aromatic carbocycles. The summed E-state index contributed by atoms with van der Waals surface area (Å²) < 4.78 is 32.9. The molecular weight excluding hydrogens is 446 g/mol. The van der Waals surface area contributed by atoms with Crippen molar-refractivity contribution < 1.29 is 22.7 Å². The van der Waals surface area contributed by atoms with Crippen molar-refractivity contribution >= 4 is 28.1 Å². The third-order valence-electron chi connectivity index (χ3n) is 4.37. The molecule has 1 amide bonds. The summed E-state index contributed by atoms with van der Waals surface area (Å²) >= 11 is 0. The number of hydrogen-bond acceptors (Lipinski definition) is 8. The average molecular weight is 463 g/mol. The van der Waals surface area contributed by atoms with E-state index in [0.717, 1.165) is 0 Å². The van der Waals surface area contributed by atoms with Crippen molar-refractivity contribution in [2.45, 2.75) is 4.90 Å². The standard InChI is InChI=1S/C22H17N5O5S/c28-19-5-2-1-4-18(19)21(29)26-25-14-16-8-11-20(32-16)15-6-9-17(10-7-15)33(30,31)27-22-23-12-3-13-24-22/h1-14,28H,(H,26,29)(H,23,24,27). The van der Waals surface area contributed by atoms with Crippen molar-refractivity contribution in [1.29, 1.82) is 0 Å². The Kier molecular flexibility index (Phi) is 6.13. The van der Waals surface area contributed by atoms with E-state index in [2.05, 4.69) is 25.2 Å². The molecule has 4 aromatic rings. The lowest BCUT2D eigenvalue weighted by Crippen LogP contribution is -2.17. The Hall–Kier alpha value is -4.51. The third kappa shape index (κ3) is 5.22. The van der Waals surface area contributed by atoms with Gasteiger partial charge in [-0.25, -0.2) is 28.5 Å². The molecule has 0 spiro atoms. The Morgan fingerprint density at radius 1 is 0.970 bits per heavy atom. The van der Waals surface area contributed by atoms with Gasteiger partial charge in [-0.05, 0) is 54.6 Å². The minimum Gasteiger partial charge on any atom is -0.507 e. The number of amides is 1. The number of sulfonamides is 1. The molecule has 33 heavy (non-hydrogen) atoms. The number of para-hydroxylation sites is 1. The van der Waals surface area contributed by atoms with Gasteiger partial charge in [0, 0.05) is 18.0 Å². The minimum atomic E-state index is -3.84. The fraction of sp³-hybridized carbons (Fsp3) is 0. The van der Waals surface area contributed by atoms with Gasteiger partial charge in [-0.15, -0.1) is 0 Å². The lowest BCUT2D eigenvalue weighted by atomic mass is 10.2. The first-order chi connectivity index (χ1) is 15.9. The van der Waals surface area contributed by atoms with E-state index >= 15 is 0 Å². The number of furan rings is 1. The highest BCUT2D eigenvalue weighted by atomic mass is 32.2. The molecule has 0 saturated heterocycles. The van der Waals surface area contributed by atoms with Crippen molar-refractivity contribution in [3.05, 3.63) is 90.4 Å². The van der Waals surface area contributed by atoms with Gasteiger partial charge in [-0.2, -0.15) is 5.10 Å². The average Bonchev–Trinajstić information content (AvgIpc) is 3.29. The molecule has 0 fully saturated rings. The van der Waals surface area contributed by atoms with Gasteiger partial charge in [0.1, 0.15) is 17.3 Å². The number of aromatic nitrogens is 2. The molecular formula is C22H17N5O5S. The van der Waals surface area contributed by atoms with Crippen LogP contribution >= 0.6 is 0 Å². The van der Waals surface area contributed by atoms with Crippen LogP contribution in [0, 0.1) is 0 Å². The summed E-state index contributed by atoms with van der Waals surface area (Å²) in [5.41, 5.74) is 3.04. The third-order valence-corrected chi connectivity index (χ3v) is 5.72.